The van der Waals surface area contributed by atoms with E-state index in [4.69, 9.17) is 4.74 Å². The number of carbonyl (C=O) groups excluding carboxylic acids is 1. The Balaban J connectivity index is 1.81. The first kappa shape index (κ1) is 23.4. The van der Waals surface area contributed by atoms with E-state index in [9.17, 15) is 13.6 Å². The van der Waals surface area contributed by atoms with Gasteiger partial charge in [-0.2, -0.15) is 5.10 Å². The molecule has 7 heteroatoms. The summed E-state index contributed by atoms with van der Waals surface area (Å²) in [4.78, 5) is 13.4. The van der Waals surface area contributed by atoms with Gasteiger partial charge in [-0.3, -0.25) is 4.79 Å². The summed E-state index contributed by atoms with van der Waals surface area (Å²) >= 11 is 0. The van der Waals surface area contributed by atoms with Crippen molar-refractivity contribution in [3.8, 4) is 16.9 Å². The Morgan fingerprint density at radius 1 is 0.971 bits per heavy atom. The molecule has 1 amide bonds. The zero-order chi connectivity index (χ0) is 24.6. The lowest BCUT2D eigenvalue weighted by atomic mass is 9.99. The highest BCUT2D eigenvalue weighted by Crippen LogP contribution is 2.35. The number of fused-ring (bicyclic) bond motifs is 1. The van der Waals surface area contributed by atoms with Gasteiger partial charge >= 0.3 is 0 Å². The summed E-state index contributed by atoms with van der Waals surface area (Å²) in [7, 11) is 1.59. The number of carbonyl (C=O) groups is 1. The van der Waals surface area contributed by atoms with Crippen LogP contribution in [0.15, 0.2) is 54.6 Å². The van der Waals surface area contributed by atoms with Crippen molar-refractivity contribution in [3.63, 3.8) is 0 Å². The van der Waals surface area contributed by atoms with Crippen molar-refractivity contribution < 1.29 is 18.3 Å². The number of halogens is 2. The van der Waals surface area contributed by atoms with Crippen LogP contribution in [0.4, 0.5) is 8.78 Å². The van der Waals surface area contributed by atoms with Crippen molar-refractivity contribution in [2.45, 2.75) is 39.7 Å². The smallest absolute Gasteiger partial charge is 0.253 e. The molecule has 176 valence electrons. The predicted molar refractivity (Wildman–Crippen MR) is 128 cm³/mol. The summed E-state index contributed by atoms with van der Waals surface area (Å²) in [5.74, 6) is -0.971. The SMILES string of the molecule is COc1ccccc1[C@@H](C)NC(=O)c1ccc2c(-c3c(F)cccc3F)c(C)nn2c1C(C)C. The highest BCUT2D eigenvalue weighted by Gasteiger charge is 2.25. The van der Waals surface area contributed by atoms with Gasteiger partial charge in [0.05, 0.1) is 41.2 Å². The first-order valence-corrected chi connectivity index (χ1v) is 11.1. The zero-order valence-electron chi connectivity index (χ0n) is 19.8. The molecule has 4 rings (SSSR count). The second kappa shape index (κ2) is 9.25. The van der Waals surface area contributed by atoms with E-state index in [1.165, 1.54) is 18.2 Å². The predicted octanol–water partition coefficient (Wildman–Crippen LogP) is 6.21. The Bertz CT molecular complexity index is 1360. The summed E-state index contributed by atoms with van der Waals surface area (Å²) in [6.07, 6.45) is 0. The first-order valence-electron chi connectivity index (χ1n) is 11.1. The summed E-state index contributed by atoms with van der Waals surface area (Å²) in [5, 5.41) is 7.62. The molecule has 0 aliphatic rings. The van der Waals surface area contributed by atoms with Crippen LogP contribution in [0.25, 0.3) is 16.6 Å². The lowest BCUT2D eigenvalue weighted by molar-refractivity contribution is 0.0937. The minimum Gasteiger partial charge on any atom is -0.496 e. The zero-order valence-corrected chi connectivity index (χ0v) is 19.8. The van der Waals surface area contributed by atoms with Gasteiger partial charge in [0.2, 0.25) is 0 Å². The Labute approximate surface area is 197 Å². The fourth-order valence-corrected chi connectivity index (χ4v) is 4.41. The van der Waals surface area contributed by atoms with Crippen LogP contribution < -0.4 is 10.1 Å². The largest absolute Gasteiger partial charge is 0.496 e. The number of para-hydroxylation sites is 1. The number of nitrogens with one attached hydrogen (secondary N) is 1. The van der Waals surface area contributed by atoms with E-state index in [2.05, 4.69) is 10.4 Å². The van der Waals surface area contributed by atoms with Crippen molar-refractivity contribution in [1.82, 2.24) is 14.9 Å². The second-order valence-electron chi connectivity index (χ2n) is 8.58. The van der Waals surface area contributed by atoms with Gasteiger partial charge in [0, 0.05) is 11.1 Å². The molecule has 34 heavy (non-hydrogen) atoms. The average molecular weight is 464 g/mol. The maximum atomic E-state index is 14.6. The summed E-state index contributed by atoms with van der Waals surface area (Å²) in [5.41, 5.74) is 3.25. The third-order valence-electron chi connectivity index (χ3n) is 5.97. The maximum Gasteiger partial charge on any atom is 0.253 e. The molecule has 0 aliphatic carbocycles. The minimum absolute atomic E-state index is 0.0800. The molecule has 0 spiro atoms. The molecule has 5 nitrogen and oxygen atoms in total. The fraction of sp³-hybridized carbons (Fsp3) is 0.259. The molecule has 1 atom stereocenters. The van der Waals surface area contributed by atoms with Crippen molar-refractivity contribution in [2.75, 3.05) is 7.11 Å². The number of rotatable bonds is 6. The number of hydrogen-bond donors (Lipinski definition) is 1. The number of aryl methyl sites for hydroxylation is 1. The Hall–Kier alpha value is -3.74. The van der Waals surface area contributed by atoms with Crippen LogP contribution in [-0.4, -0.2) is 22.6 Å². The molecule has 0 unspecified atom stereocenters. The monoisotopic (exact) mass is 463 g/mol. The number of ether oxygens (including phenoxy) is 1. The average Bonchev–Trinajstić information content (AvgIpc) is 3.13. The minimum atomic E-state index is -0.656. The van der Waals surface area contributed by atoms with Crippen molar-refractivity contribution in [3.05, 3.63) is 88.7 Å². The number of nitrogens with zero attached hydrogens (tertiary/aromatic N) is 2. The van der Waals surface area contributed by atoms with Crippen LogP contribution in [0.5, 0.6) is 5.75 Å². The number of hydrogen-bond acceptors (Lipinski definition) is 3. The van der Waals surface area contributed by atoms with Crippen molar-refractivity contribution in [2.24, 2.45) is 0 Å². The molecular weight excluding hydrogens is 436 g/mol. The first-order chi connectivity index (χ1) is 16.2. The quantitative estimate of drug-likeness (QED) is 0.370. The van der Waals surface area contributed by atoms with Gasteiger partial charge in [-0.05, 0) is 50.1 Å². The summed E-state index contributed by atoms with van der Waals surface area (Å²) in [6.45, 7) is 7.51. The standard InChI is InChI=1S/C27H27F2N3O2/c1-15(2)26-19(27(33)30-16(3)18-9-6-7-12-23(18)34-5)13-14-22-24(17(4)31-32(22)26)25-20(28)10-8-11-21(25)29/h6-16H,1-5H3,(H,30,33)/t16-/m1/s1. The van der Waals surface area contributed by atoms with Gasteiger partial charge in [0.15, 0.2) is 0 Å². The third kappa shape index (κ3) is 4.02. The highest BCUT2D eigenvalue weighted by molar-refractivity contribution is 5.97. The van der Waals surface area contributed by atoms with Crippen molar-refractivity contribution in [1.29, 1.82) is 0 Å². The van der Waals surface area contributed by atoms with Gasteiger partial charge in [-0.25, -0.2) is 13.3 Å². The third-order valence-corrected chi connectivity index (χ3v) is 5.97. The lowest BCUT2D eigenvalue weighted by Crippen LogP contribution is -2.28. The van der Waals surface area contributed by atoms with E-state index < -0.39 is 11.6 Å². The number of aromatic nitrogens is 2. The molecule has 1 N–H and O–H groups in total. The topological polar surface area (TPSA) is 55.6 Å². The van der Waals surface area contributed by atoms with Crippen LogP contribution in [-0.2, 0) is 0 Å². The van der Waals surface area contributed by atoms with E-state index >= 15 is 0 Å². The van der Waals surface area contributed by atoms with Gasteiger partial charge in [0.25, 0.3) is 5.91 Å². The molecule has 0 saturated heterocycles. The molecule has 0 aliphatic heterocycles. The molecule has 4 aromatic rings. The molecular formula is C27H27F2N3O2. The maximum absolute atomic E-state index is 14.6. The number of pyridine rings is 1. The Morgan fingerprint density at radius 2 is 1.65 bits per heavy atom. The van der Waals surface area contributed by atoms with Gasteiger partial charge in [-0.1, -0.05) is 38.1 Å². The molecule has 0 radical (unpaired) electrons. The van der Waals surface area contributed by atoms with E-state index in [-0.39, 0.29) is 23.4 Å². The highest BCUT2D eigenvalue weighted by atomic mass is 19.1. The van der Waals surface area contributed by atoms with Crippen LogP contribution in [0.3, 0.4) is 0 Å². The number of amides is 1. The normalized spacial score (nSPS) is 12.2. The van der Waals surface area contributed by atoms with Crippen LogP contribution in [0.1, 0.15) is 60.0 Å². The molecule has 2 aromatic heterocycles. The molecule has 0 bridgehead atoms. The van der Waals surface area contributed by atoms with Gasteiger partial charge in [0.1, 0.15) is 17.4 Å². The molecule has 0 saturated carbocycles. The number of benzene rings is 2. The van der Waals surface area contributed by atoms with Crippen LogP contribution in [0.2, 0.25) is 0 Å². The van der Waals surface area contributed by atoms with Crippen molar-refractivity contribution >= 4 is 11.4 Å². The van der Waals surface area contributed by atoms with Crippen LogP contribution >= 0.6 is 0 Å². The number of methoxy groups -OCH3 is 1. The van der Waals surface area contributed by atoms with E-state index in [0.717, 1.165) is 5.56 Å². The van der Waals surface area contributed by atoms with E-state index in [0.29, 0.717) is 33.8 Å². The van der Waals surface area contributed by atoms with Crippen LogP contribution in [0, 0.1) is 18.6 Å². The molecule has 2 heterocycles. The van der Waals surface area contributed by atoms with Gasteiger partial charge in [-0.15, -0.1) is 0 Å². The summed E-state index contributed by atoms with van der Waals surface area (Å²) in [6, 6.07) is 14.4. The van der Waals surface area contributed by atoms with E-state index in [1.54, 1.807) is 30.7 Å². The second-order valence-corrected chi connectivity index (χ2v) is 8.58. The fourth-order valence-electron chi connectivity index (χ4n) is 4.41. The van der Waals surface area contributed by atoms with Gasteiger partial charge < -0.3 is 10.1 Å². The molecule has 0 fully saturated rings. The van der Waals surface area contributed by atoms with E-state index in [1.807, 2.05) is 45.0 Å². The lowest BCUT2D eigenvalue weighted by Gasteiger charge is -2.20. The molecule has 2 aromatic carbocycles. The Morgan fingerprint density at radius 3 is 2.29 bits per heavy atom. The Kier molecular flexibility index (Phi) is 6.37. The summed E-state index contributed by atoms with van der Waals surface area (Å²) < 4.78 is 36.3.